The molecule has 0 atom stereocenters. The predicted octanol–water partition coefficient (Wildman–Crippen LogP) is 3.99. The average Bonchev–Trinajstić information content (AvgIpc) is 2.44. The van der Waals surface area contributed by atoms with E-state index in [0.717, 1.165) is 5.56 Å². The molecule has 5 heteroatoms. The summed E-state index contributed by atoms with van der Waals surface area (Å²) < 4.78 is 19.2. The first kappa shape index (κ1) is 14.7. The summed E-state index contributed by atoms with van der Waals surface area (Å²) in [6.45, 7) is 0.372. The van der Waals surface area contributed by atoms with E-state index >= 15 is 0 Å². The van der Waals surface area contributed by atoms with Crippen LogP contribution in [0.25, 0.3) is 0 Å². The van der Waals surface area contributed by atoms with Gasteiger partial charge in [0.25, 0.3) is 5.91 Å². The van der Waals surface area contributed by atoms with Crippen LogP contribution in [0.4, 0.5) is 10.1 Å². The molecule has 1 amide bonds. The zero-order valence-corrected chi connectivity index (χ0v) is 12.4. The molecular formula is C15H13BrFNO2. The zero-order valence-electron chi connectivity index (χ0n) is 10.8. The van der Waals surface area contributed by atoms with Gasteiger partial charge >= 0.3 is 0 Å². The number of methoxy groups -OCH3 is 1. The second-order valence-electron chi connectivity index (χ2n) is 4.15. The van der Waals surface area contributed by atoms with Crippen molar-refractivity contribution in [1.82, 2.24) is 0 Å². The monoisotopic (exact) mass is 337 g/mol. The van der Waals surface area contributed by atoms with Crippen molar-refractivity contribution in [3.05, 3.63) is 63.9 Å². The summed E-state index contributed by atoms with van der Waals surface area (Å²) in [7, 11) is 1.58. The Hall–Kier alpha value is -1.72. The molecule has 0 bridgehead atoms. The number of nitrogens with one attached hydrogen (secondary N) is 1. The third-order valence-corrected chi connectivity index (χ3v) is 3.37. The number of ether oxygens (including phenoxy) is 1. The molecule has 0 saturated carbocycles. The summed E-state index contributed by atoms with van der Waals surface area (Å²) in [4.78, 5) is 12.1. The molecule has 1 N–H and O–H groups in total. The lowest BCUT2D eigenvalue weighted by atomic mass is 10.1. The minimum atomic E-state index is -0.575. The van der Waals surface area contributed by atoms with Crippen LogP contribution in [0.2, 0.25) is 0 Å². The van der Waals surface area contributed by atoms with Gasteiger partial charge in [0.2, 0.25) is 0 Å². The Morgan fingerprint density at radius 2 is 2.00 bits per heavy atom. The number of carbonyl (C=O) groups excluding carboxylic acids is 1. The van der Waals surface area contributed by atoms with Crippen LogP contribution >= 0.6 is 15.9 Å². The fourth-order valence-corrected chi connectivity index (χ4v) is 2.16. The maximum Gasteiger partial charge on any atom is 0.258 e. The topological polar surface area (TPSA) is 38.3 Å². The number of hydrogen-bond donors (Lipinski definition) is 1. The average molecular weight is 338 g/mol. The van der Waals surface area contributed by atoms with E-state index in [-0.39, 0.29) is 10.0 Å². The van der Waals surface area contributed by atoms with Crippen LogP contribution in [0.15, 0.2) is 46.9 Å². The molecular weight excluding hydrogens is 325 g/mol. The van der Waals surface area contributed by atoms with Gasteiger partial charge in [-0.15, -0.1) is 0 Å². The molecule has 2 rings (SSSR count). The molecule has 0 aromatic heterocycles. The molecule has 3 nitrogen and oxygen atoms in total. The summed E-state index contributed by atoms with van der Waals surface area (Å²) in [6.07, 6.45) is 0. The number of carbonyl (C=O) groups is 1. The summed E-state index contributed by atoms with van der Waals surface area (Å²) in [6, 6.07) is 11.8. The molecule has 0 unspecified atom stereocenters. The predicted molar refractivity (Wildman–Crippen MR) is 79.2 cm³/mol. The Labute approximate surface area is 124 Å². The van der Waals surface area contributed by atoms with E-state index in [4.69, 9.17) is 4.74 Å². The van der Waals surface area contributed by atoms with Gasteiger partial charge in [-0.2, -0.15) is 0 Å². The van der Waals surface area contributed by atoms with E-state index < -0.39 is 11.7 Å². The van der Waals surface area contributed by atoms with Crippen molar-refractivity contribution in [1.29, 1.82) is 0 Å². The Kier molecular flexibility index (Phi) is 4.87. The number of hydrogen-bond acceptors (Lipinski definition) is 2. The number of anilines is 1. The van der Waals surface area contributed by atoms with Crippen LogP contribution in [0.5, 0.6) is 0 Å². The largest absolute Gasteiger partial charge is 0.380 e. The van der Waals surface area contributed by atoms with Gasteiger partial charge < -0.3 is 10.1 Å². The van der Waals surface area contributed by atoms with Crippen LogP contribution in [-0.4, -0.2) is 13.0 Å². The Balaban J connectivity index is 2.26. The Morgan fingerprint density at radius 3 is 2.75 bits per heavy atom. The number of para-hydroxylation sites is 1. The molecule has 20 heavy (non-hydrogen) atoms. The van der Waals surface area contributed by atoms with E-state index in [9.17, 15) is 9.18 Å². The number of benzene rings is 2. The van der Waals surface area contributed by atoms with Gasteiger partial charge in [-0.1, -0.05) is 24.3 Å². The third kappa shape index (κ3) is 3.23. The summed E-state index contributed by atoms with van der Waals surface area (Å²) in [5.41, 5.74) is 1.43. The fraction of sp³-hybridized carbons (Fsp3) is 0.133. The molecule has 0 radical (unpaired) electrons. The van der Waals surface area contributed by atoms with E-state index in [1.54, 1.807) is 31.4 Å². The van der Waals surface area contributed by atoms with Crippen LogP contribution in [0.3, 0.4) is 0 Å². The normalized spacial score (nSPS) is 10.3. The molecule has 0 aliphatic carbocycles. The molecule has 0 aliphatic rings. The lowest BCUT2D eigenvalue weighted by Gasteiger charge is -2.11. The minimum absolute atomic E-state index is 0.00778. The second-order valence-corrected chi connectivity index (χ2v) is 5.00. The highest BCUT2D eigenvalue weighted by molar-refractivity contribution is 9.10. The summed E-state index contributed by atoms with van der Waals surface area (Å²) in [5, 5.41) is 2.70. The lowest BCUT2D eigenvalue weighted by Crippen LogP contribution is -2.15. The van der Waals surface area contributed by atoms with Crippen LogP contribution in [0, 0.1) is 5.82 Å². The zero-order chi connectivity index (χ0) is 14.5. The lowest BCUT2D eigenvalue weighted by molar-refractivity contribution is 0.102. The maximum atomic E-state index is 13.9. The highest BCUT2D eigenvalue weighted by Gasteiger charge is 2.15. The highest BCUT2D eigenvalue weighted by Crippen LogP contribution is 2.21. The first-order valence-corrected chi connectivity index (χ1v) is 6.75. The molecule has 0 fully saturated rings. The first-order chi connectivity index (χ1) is 9.63. The third-order valence-electron chi connectivity index (χ3n) is 2.76. The second kappa shape index (κ2) is 6.63. The summed E-state index contributed by atoms with van der Waals surface area (Å²) in [5.74, 6) is -1.07. The molecule has 0 aliphatic heterocycles. The minimum Gasteiger partial charge on any atom is -0.380 e. The highest BCUT2D eigenvalue weighted by atomic mass is 79.9. The van der Waals surface area contributed by atoms with Crippen molar-refractivity contribution in [2.75, 3.05) is 12.4 Å². The van der Waals surface area contributed by atoms with Crippen molar-refractivity contribution in [3.8, 4) is 0 Å². The van der Waals surface area contributed by atoms with Crippen molar-refractivity contribution in [2.24, 2.45) is 0 Å². The SMILES string of the molecule is COCc1ccccc1NC(=O)c1cccc(Br)c1F. The van der Waals surface area contributed by atoms with E-state index in [1.165, 1.54) is 6.07 Å². The smallest absolute Gasteiger partial charge is 0.258 e. The first-order valence-electron chi connectivity index (χ1n) is 5.95. The van der Waals surface area contributed by atoms with E-state index in [2.05, 4.69) is 21.2 Å². The molecule has 2 aromatic carbocycles. The van der Waals surface area contributed by atoms with Crippen molar-refractivity contribution in [3.63, 3.8) is 0 Å². The van der Waals surface area contributed by atoms with Crippen molar-refractivity contribution < 1.29 is 13.9 Å². The van der Waals surface area contributed by atoms with E-state index in [1.807, 2.05) is 12.1 Å². The molecule has 0 spiro atoms. The molecule has 0 heterocycles. The van der Waals surface area contributed by atoms with Gasteiger partial charge in [-0.05, 0) is 34.1 Å². The van der Waals surface area contributed by atoms with Gasteiger partial charge in [0.05, 0.1) is 16.6 Å². The quantitative estimate of drug-likeness (QED) is 0.916. The number of halogens is 2. The van der Waals surface area contributed by atoms with Crippen LogP contribution < -0.4 is 5.32 Å². The van der Waals surface area contributed by atoms with Gasteiger partial charge in [0, 0.05) is 18.4 Å². The Bertz CT molecular complexity index is 631. The van der Waals surface area contributed by atoms with Gasteiger partial charge in [-0.3, -0.25) is 4.79 Å². The van der Waals surface area contributed by atoms with Gasteiger partial charge in [0.1, 0.15) is 5.82 Å². The summed E-state index contributed by atoms with van der Waals surface area (Å²) >= 11 is 3.06. The van der Waals surface area contributed by atoms with E-state index in [0.29, 0.717) is 12.3 Å². The standard InChI is InChI=1S/C15H13BrFNO2/c1-20-9-10-5-2-3-8-13(10)18-15(19)11-6-4-7-12(16)14(11)17/h2-8H,9H2,1H3,(H,18,19). The molecule has 0 saturated heterocycles. The van der Waals surface area contributed by atoms with Crippen LogP contribution in [0.1, 0.15) is 15.9 Å². The van der Waals surface area contributed by atoms with Gasteiger partial charge in [0.15, 0.2) is 0 Å². The van der Waals surface area contributed by atoms with Crippen molar-refractivity contribution in [2.45, 2.75) is 6.61 Å². The molecule has 104 valence electrons. The van der Waals surface area contributed by atoms with Gasteiger partial charge in [-0.25, -0.2) is 4.39 Å². The van der Waals surface area contributed by atoms with Crippen molar-refractivity contribution >= 4 is 27.5 Å². The fourth-order valence-electron chi connectivity index (χ4n) is 1.79. The Morgan fingerprint density at radius 1 is 1.25 bits per heavy atom. The van der Waals surface area contributed by atoms with Crippen LogP contribution in [-0.2, 0) is 11.3 Å². The molecule has 2 aromatic rings. The number of amides is 1. The number of rotatable bonds is 4. The maximum absolute atomic E-state index is 13.9.